The Kier molecular flexibility index (Phi) is 7.43. The summed E-state index contributed by atoms with van der Waals surface area (Å²) >= 11 is 3.32. The van der Waals surface area contributed by atoms with Gasteiger partial charge >= 0.3 is 6.09 Å². The minimum absolute atomic E-state index is 0.105. The molecule has 146 valence electrons. The third-order valence-corrected chi connectivity index (χ3v) is 4.74. The zero-order chi connectivity index (χ0) is 19.3. The fourth-order valence-electron chi connectivity index (χ4n) is 3.07. The van der Waals surface area contributed by atoms with E-state index in [0.29, 0.717) is 19.8 Å². The summed E-state index contributed by atoms with van der Waals surface area (Å²) in [6.07, 6.45) is 0.407. The fraction of sp³-hybridized carbons (Fsp3) is 0.632. The van der Waals surface area contributed by atoms with Crippen LogP contribution in [0.15, 0.2) is 22.7 Å². The lowest BCUT2D eigenvalue weighted by Crippen LogP contribution is -2.52. The maximum atomic E-state index is 13.5. The van der Waals surface area contributed by atoms with E-state index in [1.165, 1.54) is 12.1 Å². The molecule has 2 rings (SSSR count). The van der Waals surface area contributed by atoms with E-state index >= 15 is 0 Å². The van der Waals surface area contributed by atoms with Gasteiger partial charge in [0.2, 0.25) is 0 Å². The SMILES string of the molecule is CC(NC(=O)OC(C)(C)C)C1COCCC1NCc1cc(F)cc(Br)c1. The smallest absolute Gasteiger partial charge is 0.407 e. The van der Waals surface area contributed by atoms with Crippen molar-refractivity contribution in [3.05, 3.63) is 34.1 Å². The Labute approximate surface area is 163 Å². The van der Waals surface area contributed by atoms with Crippen LogP contribution in [0, 0.1) is 11.7 Å². The molecule has 1 saturated heterocycles. The average molecular weight is 431 g/mol. The Morgan fingerprint density at radius 3 is 2.81 bits per heavy atom. The molecule has 1 fully saturated rings. The number of halogens is 2. The zero-order valence-electron chi connectivity index (χ0n) is 15.8. The second kappa shape index (κ2) is 9.15. The van der Waals surface area contributed by atoms with Crippen molar-refractivity contribution < 1.29 is 18.7 Å². The first kappa shape index (κ1) is 21.1. The van der Waals surface area contributed by atoms with Crippen molar-refractivity contribution >= 4 is 22.0 Å². The summed E-state index contributed by atoms with van der Waals surface area (Å²) in [4.78, 5) is 12.0. The van der Waals surface area contributed by atoms with E-state index in [-0.39, 0.29) is 23.8 Å². The first-order chi connectivity index (χ1) is 12.1. The van der Waals surface area contributed by atoms with E-state index in [1.807, 2.05) is 33.8 Å². The first-order valence-electron chi connectivity index (χ1n) is 8.89. The number of carbonyl (C=O) groups excluding carboxylic acids is 1. The van der Waals surface area contributed by atoms with Crippen LogP contribution in [-0.2, 0) is 16.0 Å². The number of alkyl carbamates (subject to hydrolysis) is 1. The van der Waals surface area contributed by atoms with Gasteiger partial charge in [0.15, 0.2) is 0 Å². The highest BCUT2D eigenvalue weighted by Crippen LogP contribution is 2.21. The molecule has 0 saturated carbocycles. The van der Waals surface area contributed by atoms with Gasteiger partial charge in [0.1, 0.15) is 11.4 Å². The third-order valence-electron chi connectivity index (χ3n) is 4.28. The molecule has 0 radical (unpaired) electrons. The molecular weight excluding hydrogens is 403 g/mol. The van der Waals surface area contributed by atoms with Gasteiger partial charge in [0.05, 0.1) is 6.61 Å². The average Bonchev–Trinajstić information content (AvgIpc) is 2.50. The van der Waals surface area contributed by atoms with E-state index in [1.54, 1.807) is 0 Å². The van der Waals surface area contributed by atoms with Crippen molar-refractivity contribution in [2.45, 2.75) is 58.3 Å². The molecule has 26 heavy (non-hydrogen) atoms. The van der Waals surface area contributed by atoms with Crippen LogP contribution < -0.4 is 10.6 Å². The lowest BCUT2D eigenvalue weighted by molar-refractivity contribution is 0.0122. The van der Waals surface area contributed by atoms with Gasteiger partial charge in [0.25, 0.3) is 0 Å². The van der Waals surface area contributed by atoms with Crippen LogP contribution in [-0.4, -0.2) is 37.0 Å². The second-order valence-corrected chi connectivity index (χ2v) is 8.64. The lowest BCUT2D eigenvalue weighted by atomic mass is 9.89. The number of hydrogen-bond acceptors (Lipinski definition) is 4. The molecule has 7 heteroatoms. The molecule has 0 spiro atoms. The van der Waals surface area contributed by atoms with Crippen LogP contribution in [0.4, 0.5) is 9.18 Å². The summed E-state index contributed by atoms with van der Waals surface area (Å²) in [6.45, 7) is 9.24. The molecule has 1 heterocycles. The number of ether oxygens (including phenoxy) is 2. The standard InChI is InChI=1S/C19H28BrFN2O3/c1-12(23-18(24)26-19(2,3)4)16-11-25-6-5-17(16)22-10-13-7-14(20)9-15(21)8-13/h7-9,12,16-17,22H,5-6,10-11H2,1-4H3,(H,23,24). The Balaban J connectivity index is 1.94. The van der Waals surface area contributed by atoms with Gasteiger partial charge in [-0.05, 0) is 57.9 Å². The van der Waals surface area contributed by atoms with Crippen molar-refractivity contribution in [1.82, 2.24) is 10.6 Å². The number of carbonyl (C=O) groups is 1. The second-order valence-electron chi connectivity index (χ2n) is 7.73. The normalized spacial score (nSPS) is 21.9. The first-order valence-corrected chi connectivity index (χ1v) is 9.69. The van der Waals surface area contributed by atoms with Gasteiger partial charge in [-0.1, -0.05) is 15.9 Å². The molecule has 1 aromatic carbocycles. The Bertz CT molecular complexity index is 601. The molecule has 1 amide bonds. The largest absolute Gasteiger partial charge is 0.444 e. The van der Waals surface area contributed by atoms with Crippen LogP contribution in [0.1, 0.15) is 39.7 Å². The van der Waals surface area contributed by atoms with Crippen LogP contribution >= 0.6 is 15.9 Å². The number of rotatable bonds is 5. The summed E-state index contributed by atoms with van der Waals surface area (Å²) in [5.41, 5.74) is 0.338. The van der Waals surface area contributed by atoms with Crippen molar-refractivity contribution in [2.75, 3.05) is 13.2 Å². The summed E-state index contributed by atoms with van der Waals surface area (Å²) in [5.74, 6) is -0.159. The van der Waals surface area contributed by atoms with Crippen LogP contribution in [0.3, 0.4) is 0 Å². The zero-order valence-corrected chi connectivity index (χ0v) is 17.4. The van der Waals surface area contributed by atoms with Gasteiger partial charge in [-0.25, -0.2) is 9.18 Å². The Hall–Kier alpha value is -1.18. The van der Waals surface area contributed by atoms with E-state index in [0.717, 1.165) is 16.5 Å². The van der Waals surface area contributed by atoms with Crippen molar-refractivity contribution in [3.8, 4) is 0 Å². The lowest BCUT2D eigenvalue weighted by Gasteiger charge is -2.36. The highest BCUT2D eigenvalue weighted by molar-refractivity contribution is 9.10. The molecule has 1 aromatic rings. The van der Waals surface area contributed by atoms with Crippen LogP contribution in [0.2, 0.25) is 0 Å². The van der Waals surface area contributed by atoms with Gasteiger partial charge in [-0.2, -0.15) is 0 Å². The van der Waals surface area contributed by atoms with Gasteiger partial charge in [-0.3, -0.25) is 0 Å². The maximum Gasteiger partial charge on any atom is 0.407 e. The Morgan fingerprint density at radius 1 is 1.42 bits per heavy atom. The van der Waals surface area contributed by atoms with E-state index < -0.39 is 11.7 Å². The maximum absolute atomic E-state index is 13.5. The highest BCUT2D eigenvalue weighted by atomic mass is 79.9. The van der Waals surface area contributed by atoms with Gasteiger partial charge in [-0.15, -0.1) is 0 Å². The fourth-order valence-corrected chi connectivity index (χ4v) is 3.58. The minimum Gasteiger partial charge on any atom is -0.444 e. The Morgan fingerprint density at radius 2 is 2.15 bits per heavy atom. The molecule has 3 atom stereocenters. The highest BCUT2D eigenvalue weighted by Gasteiger charge is 2.31. The molecule has 2 N–H and O–H groups in total. The number of benzene rings is 1. The number of amides is 1. The van der Waals surface area contributed by atoms with E-state index in [4.69, 9.17) is 9.47 Å². The minimum atomic E-state index is -0.532. The molecule has 0 aliphatic carbocycles. The quantitative estimate of drug-likeness (QED) is 0.740. The number of nitrogens with one attached hydrogen (secondary N) is 2. The molecule has 5 nitrogen and oxygen atoms in total. The molecule has 3 unspecified atom stereocenters. The summed E-state index contributed by atoms with van der Waals surface area (Å²) in [5, 5.41) is 6.39. The van der Waals surface area contributed by atoms with Crippen molar-refractivity contribution in [2.24, 2.45) is 5.92 Å². The topological polar surface area (TPSA) is 59.6 Å². The monoisotopic (exact) mass is 430 g/mol. The van der Waals surface area contributed by atoms with Crippen molar-refractivity contribution in [3.63, 3.8) is 0 Å². The summed E-state index contributed by atoms with van der Waals surface area (Å²) in [6, 6.07) is 4.91. The van der Waals surface area contributed by atoms with Crippen LogP contribution in [0.5, 0.6) is 0 Å². The van der Waals surface area contributed by atoms with Crippen LogP contribution in [0.25, 0.3) is 0 Å². The molecule has 1 aliphatic heterocycles. The predicted molar refractivity (Wildman–Crippen MR) is 102 cm³/mol. The van der Waals surface area contributed by atoms with E-state index in [9.17, 15) is 9.18 Å². The van der Waals surface area contributed by atoms with Crippen molar-refractivity contribution in [1.29, 1.82) is 0 Å². The summed E-state index contributed by atoms with van der Waals surface area (Å²) in [7, 11) is 0. The van der Waals surface area contributed by atoms with E-state index in [2.05, 4.69) is 26.6 Å². The molecule has 1 aliphatic rings. The number of hydrogen-bond donors (Lipinski definition) is 2. The van der Waals surface area contributed by atoms with Gasteiger partial charge < -0.3 is 20.1 Å². The predicted octanol–water partition coefficient (Wildman–Crippen LogP) is 4.00. The summed E-state index contributed by atoms with van der Waals surface area (Å²) < 4.78 is 25.2. The molecule has 0 aromatic heterocycles. The third kappa shape index (κ3) is 6.85. The van der Waals surface area contributed by atoms with Gasteiger partial charge in [0, 0.05) is 35.6 Å². The molecular formula is C19H28BrFN2O3. The molecule has 0 bridgehead atoms.